The van der Waals surface area contributed by atoms with Crippen LogP contribution in [0.2, 0.25) is 0 Å². The minimum atomic E-state index is -4.36. The topological polar surface area (TPSA) is 243 Å². The number of hydrogen-bond acceptors (Lipinski definition) is 16. The van der Waals surface area contributed by atoms with Crippen LogP contribution in [0.25, 0.3) is 0 Å². The van der Waals surface area contributed by atoms with E-state index in [0.29, 0.717) is 42.3 Å². The summed E-state index contributed by atoms with van der Waals surface area (Å²) in [5.41, 5.74) is 0.362. The van der Waals surface area contributed by atoms with Gasteiger partial charge in [0.05, 0.1) is 35.9 Å². The lowest BCUT2D eigenvalue weighted by Crippen LogP contribution is -2.41. The van der Waals surface area contributed by atoms with Crippen molar-refractivity contribution in [2.45, 2.75) is 140 Å². The van der Waals surface area contributed by atoms with Crippen molar-refractivity contribution in [2.24, 2.45) is 11.8 Å². The summed E-state index contributed by atoms with van der Waals surface area (Å²) in [6, 6.07) is 6.19. The molecule has 2 fully saturated rings. The van der Waals surface area contributed by atoms with Gasteiger partial charge >= 0.3 is 0 Å². The molecule has 4 aromatic rings. The fraction of sp³-hybridized carbons (Fsp3) is 0.565. The molecule has 0 spiro atoms. The molecule has 2 atom stereocenters. The number of nitrogens with one attached hydrogen (secondary N) is 5. The highest BCUT2D eigenvalue weighted by atomic mass is 32.2. The van der Waals surface area contributed by atoms with E-state index in [-0.39, 0.29) is 32.9 Å². The Balaban J connectivity index is 0.000000221. The van der Waals surface area contributed by atoms with E-state index in [1.807, 2.05) is 25.5 Å². The van der Waals surface area contributed by atoms with Crippen molar-refractivity contribution in [1.29, 1.82) is 0 Å². The first-order chi connectivity index (χ1) is 31.1. The first kappa shape index (κ1) is 51.0. The number of aromatic nitrogens is 6. The van der Waals surface area contributed by atoms with Gasteiger partial charge in [0.25, 0.3) is 31.9 Å². The Kier molecular flexibility index (Phi) is 15.0. The average molecular weight is 965 g/mol. The number of rotatable bonds is 8. The second-order valence-electron chi connectivity index (χ2n) is 20.9. The van der Waals surface area contributed by atoms with Gasteiger partial charge in [0.1, 0.15) is 17.5 Å². The number of sulfonamides is 2. The van der Waals surface area contributed by atoms with Gasteiger partial charge in [-0.25, -0.2) is 29.4 Å². The number of pyridine rings is 2. The van der Waals surface area contributed by atoms with Gasteiger partial charge in [-0.05, 0) is 109 Å². The number of amides is 2. The van der Waals surface area contributed by atoms with E-state index in [1.165, 1.54) is 24.5 Å². The monoisotopic (exact) mass is 964 g/mol. The van der Waals surface area contributed by atoms with Gasteiger partial charge < -0.3 is 20.9 Å². The molecular formula is C46H65FN12O6S2. The molecule has 21 heteroatoms. The summed E-state index contributed by atoms with van der Waals surface area (Å²) in [5, 5.41) is 8.97. The van der Waals surface area contributed by atoms with Crippen LogP contribution in [0, 0.1) is 17.8 Å². The number of fused-ring (bicyclic) bond motifs is 6. The molecule has 0 aliphatic carbocycles. The quantitative estimate of drug-likeness (QED) is 0.0989. The molecule has 2 amide bonds. The third-order valence-electron chi connectivity index (χ3n) is 12.1. The number of carbonyl (C=O) groups is 2. The highest BCUT2D eigenvalue weighted by Gasteiger charge is 2.41. The predicted molar refractivity (Wildman–Crippen MR) is 254 cm³/mol. The summed E-state index contributed by atoms with van der Waals surface area (Å²) in [6.07, 6.45) is 11.0. The van der Waals surface area contributed by atoms with Crippen LogP contribution < -0.4 is 30.3 Å². The summed E-state index contributed by atoms with van der Waals surface area (Å²) in [7, 11) is -8.57. The van der Waals surface area contributed by atoms with Gasteiger partial charge in [0, 0.05) is 52.9 Å². The molecule has 2 saturated heterocycles. The first-order valence-electron chi connectivity index (χ1n) is 22.6. The maximum atomic E-state index is 14.4. The highest BCUT2D eigenvalue weighted by Crippen LogP contribution is 2.40. The van der Waals surface area contributed by atoms with Gasteiger partial charge in [-0.3, -0.25) is 19.6 Å². The van der Waals surface area contributed by atoms with Crippen molar-refractivity contribution < 1.29 is 30.8 Å². The molecule has 4 aromatic heterocycles. The molecule has 7 heterocycles. The Labute approximate surface area is 394 Å². The molecule has 18 nitrogen and oxygen atoms in total. The lowest BCUT2D eigenvalue weighted by Gasteiger charge is -2.34. The Hall–Kier alpha value is -5.41. The number of hydrogen-bond donors (Lipinski definition) is 5. The Morgan fingerprint density at radius 3 is 2.27 bits per heavy atom. The summed E-state index contributed by atoms with van der Waals surface area (Å²) < 4.78 is 69.6. The molecule has 0 radical (unpaired) electrons. The molecule has 0 saturated carbocycles. The summed E-state index contributed by atoms with van der Waals surface area (Å²) in [5.74, 6) is -0.682. The molecule has 7 rings (SSSR count). The number of carbonyl (C=O) groups excluding carboxylic acids is 2. The van der Waals surface area contributed by atoms with E-state index in [9.17, 15) is 30.8 Å². The van der Waals surface area contributed by atoms with Crippen LogP contribution in [-0.2, 0) is 30.9 Å². The first-order valence-corrected chi connectivity index (χ1v) is 25.6. The third-order valence-corrected chi connectivity index (χ3v) is 14.5. The zero-order valence-electron chi connectivity index (χ0n) is 40.1. The van der Waals surface area contributed by atoms with Crippen LogP contribution in [0.3, 0.4) is 0 Å². The fourth-order valence-corrected chi connectivity index (χ4v) is 10.3. The van der Waals surface area contributed by atoms with Crippen LogP contribution >= 0.6 is 0 Å². The van der Waals surface area contributed by atoms with Crippen molar-refractivity contribution in [3.05, 3.63) is 77.5 Å². The minimum Gasteiger partial charge on any atom is -0.369 e. The van der Waals surface area contributed by atoms with Gasteiger partial charge in [0.15, 0.2) is 10.1 Å². The van der Waals surface area contributed by atoms with Crippen molar-refractivity contribution >= 4 is 49.3 Å². The average Bonchev–Trinajstić information content (AvgIpc) is 3.75. The molecule has 5 N–H and O–H groups in total. The summed E-state index contributed by atoms with van der Waals surface area (Å²) in [6.45, 7) is 23.5. The lowest BCUT2D eigenvalue weighted by atomic mass is 9.91. The minimum absolute atomic E-state index is 0.171. The van der Waals surface area contributed by atoms with Gasteiger partial charge in [-0.15, -0.1) is 0 Å². The second-order valence-corrected chi connectivity index (χ2v) is 24.2. The van der Waals surface area contributed by atoms with E-state index in [1.54, 1.807) is 12.1 Å². The normalized spacial score (nSPS) is 20.2. The third kappa shape index (κ3) is 13.0. The van der Waals surface area contributed by atoms with Crippen LogP contribution in [0.1, 0.15) is 140 Å². The second kappa shape index (κ2) is 19.7. The van der Waals surface area contributed by atoms with E-state index < -0.39 is 53.8 Å². The SMILES string of the molecule is CC(C)(C)c1ccc2c(n1)N1CC(CCCNc3cncc(n3)S(=O)(=O)NC2=O)CC1(C)C.CC1(C)CC(CCCNc2cncc(S(=O)(=O)NC(=O)c3ccc(C(C)(C)C)nc3F)n2)CN1. The van der Waals surface area contributed by atoms with Crippen LogP contribution in [0.15, 0.2) is 59.1 Å². The van der Waals surface area contributed by atoms with Crippen molar-refractivity contribution in [3.8, 4) is 0 Å². The Morgan fingerprint density at radius 1 is 0.910 bits per heavy atom. The van der Waals surface area contributed by atoms with E-state index in [4.69, 9.17) is 4.98 Å². The maximum absolute atomic E-state index is 14.4. The standard InChI is InChI=1S/C23H33FN6O3S.C23H32N6O3S/c1-22(2,3)17-9-8-16(20(24)28-17)21(31)30-34(32,33)19-14-25-13-18(29-19)26-10-6-7-15-11-23(4,5)27-12-15;1-22(2,3)17-9-8-16-20(26-17)29-14-15(11-23(29,4)5)7-6-10-25-18-12-24-13-19(27-18)33(31,32)28-21(16)30/h8-9,13-15,27H,6-7,10-12H2,1-5H3,(H,26,29)(H,30,31);8-9,12-13,15H,6-7,10-11,14H2,1-5H3,(H,25,27)(H,28,30). The highest BCUT2D eigenvalue weighted by molar-refractivity contribution is 7.90. The van der Waals surface area contributed by atoms with E-state index in [2.05, 4.69) is 99.0 Å². The molecule has 2 unspecified atom stereocenters. The number of nitrogens with zero attached hydrogens (tertiary/aromatic N) is 7. The molecular weight excluding hydrogens is 900 g/mol. The molecule has 0 aromatic carbocycles. The smallest absolute Gasteiger partial charge is 0.283 e. The molecule has 364 valence electrons. The van der Waals surface area contributed by atoms with Crippen LogP contribution in [0.5, 0.6) is 0 Å². The molecule has 3 aliphatic rings. The Morgan fingerprint density at radius 2 is 1.60 bits per heavy atom. The zero-order chi connectivity index (χ0) is 49.2. The van der Waals surface area contributed by atoms with Gasteiger partial charge in [0.2, 0.25) is 5.95 Å². The fourth-order valence-electron chi connectivity index (χ4n) is 8.51. The molecule has 4 bridgehead atoms. The van der Waals surface area contributed by atoms with Gasteiger partial charge in [-0.2, -0.15) is 21.2 Å². The Bertz CT molecular complexity index is 2690. The van der Waals surface area contributed by atoms with Crippen LogP contribution in [0.4, 0.5) is 21.8 Å². The summed E-state index contributed by atoms with van der Waals surface area (Å²) in [4.78, 5) is 52.7. The maximum Gasteiger partial charge on any atom is 0.283 e. The van der Waals surface area contributed by atoms with E-state index >= 15 is 0 Å². The molecule has 67 heavy (non-hydrogen) atoms. The largest absolute Gasteiger partial charge is 0.369 e. The van der Waals surface area contributed by atoms with Gasteiger partial charge in [-0.1, -0.05) is 41.5 Å². The predicted octanol–water partition coefficient (Wildman–Crippen LogP) is 6.11. The lowest BCUT2D eigenvalue weighted by molar-refractivity contribution is 0.0969. The van der Waals surface area contributed by atoms with Crippen LogP contribution in [-0.4, -0.2) is 95.8 Å². The van der Waals surface area contributed by atoms with Crippen molar-refractivity contribution in [3.63, 3.8) is 0 Å². The zero-order valence-corrected chi connectivity index (χ0v) is 41.8. The number of anilines is 3. The number of halogens is 1. The van der Waals surface area contributed by atoms with E-state index in [0.717, 1.165) is 69.7 Å². The molecule has 3 aliphatic heterocycles. The van der Waals surface area contributed by atoms with Crippen molar-refractivity contribution in [2.75, 3.05) is 41.7 Å². The van der Waals surface area contributed by atoms with Crippen molar-refractivity contribution in [1.82, 2.24) is 44.7 Å². The summed E-state index contributed by atoms with van der Waals surface area (Å²) >= 11 is 0.